The summed E-state index contributed by atoms with van der Waals surface area (Å²) in [6, 6.07) is 13.4. The Labute approximate surface area is 181 Å². The number of nitrogens with zero attached hydrogens (tertiary/aromatic N) is 1. The SMILES string of the molecule is Cc1c(OCc2c(F)cccc2Cl)ccc2c1O/C(=C\c1ccc([N+](=O)[O-])cc1)C2=O. The molecule has 0 aliphatic carbocycles. The van der Waals surface area contributed by atoms with Gasteiger partial charge in [-0.05, 0) is 55.0 Å². The summed E-state index contributed by atoms with van der Waals surface area (Å²) in [6.07, 6.45) is 1.52. The number of non-ortho nitro benzene ring substituents is 1. The molecule has 156 valence electrons. The van der Waals surface area contributed by atoms with Gasteiger partial charge in [0.15, 0.2) is 5.76 Å². The van der Waals surface area contributed by atoms with E-state index in [1.807, 2.05) is 0 Å². The summed E-state index contributed by atoms with van der Waals surface area (Å²) < 4.78 is 25.5. The first-order chi connectivity index (χ1) is 14.8. The van der Waals surface area contributed by atoms with Gasteiger partial charge in [-0.25, -0.2) is 4.39 Å². The summed E-state index contributed by atoms with van der Waals surface area (Å²) >= 11 is 6.04. The Bertz CT molecular complexity index is 1220. The molecule has 0 fully saturated rings. The highest BCUT2D eigenvalue weighted by Crippen LogP contribution is 2.39. The maximum absolute atomic E-state index is 14.0. The Morgan fingerprint density at radius 2 is 1.90 bits per heavy atom. The molecule has 0 saturated carbocycles. The minimum absolute atomic E-state index is 0.0447. The first-order valence-corrected chi connectivity index (χ1v) is 9.61. The third kappa shape index (κ3) is 4.00. The second-order valence-corrected chi connectivity index (χ2v) is 7.25. The molecule has 1 heterocycles. The number of rotatable bonds is 5. The Balaban J connectivity index is 1.57. The van der Waals surface area contributed by atoms with E-state index in [2.05, 4.69) is 0 Å². The average molecular weight is 440 g/mol. The molecule has 4 rings (SSSR count). The molecule has 1 aliphatic heterocycles. The number of halogens is 2. The van der Waals surface area contributed by atoms with Gasteiger partial charge in [-0.3, -0.25) is 14.9 Å². The first-order valence-electron chi connectivity index (χ1n) is 9.23. The molecule has 0 spiro atoms. The number of allylic oxidation sites excluding steroid dienone is 1. The number of hydrogen-bond acceptors (Lipinski definition) is 5. The summed E-state index contributed by atoms with van der Waals surface area (Å²) in [7, 11) is 0. The number of benzene rings is 3. The van der Waals surface area contributed by atoms with E-state index in [-0.39, 0.29) is 34.4 Å². The van der Waals surface area contributed by atoms with Crippen molar-refractivity contribution in [3.05, 3.63) is 104 Å². The van der Waals surface area contributed by atoms with E-state index in [9.17, 15) is 19.3 Å². The standard InChI is InChI=1S/C23H15ClFNO5/c1-13-20(30-12-17-18(24)3-2-4-19(17)25)10-9-16-22(27)21(31-23(13)16)11-14-5-7-15(8-6-14)26(28)29/h2-11H,12H2,1H3/b21-11-. The van der Waals surface area contributed by atoms with Gasteiger partial charge in [-0.2, -0.15) is 0 Å². The molecule has 0 bridgehead atoms. The highest BCUT2D eigenvalue weighted by atomic mass is 35.5. The molecule has 8 heteroatoms. The summed E-state index contributed by atoms with van der Waals surface area (Å²) in [5, 5.41) is 11.0. The van der Waals surface area contributed by atoms with Crippen molar-refractivity contribution in [3.8, 4) is 11.5 Å². The van der Waals surface area contributed by atoms with Gasteiger partial charge < -0.3 is 9.47 Å². The average Bonchev–Trinajstić information content (AvgIpc) is 3.06. The summed E-state index contributed by atoms with van der Waals surface area (Å²) in [6.45, 7) is 1.66. The largest absolute Gasteiger partial charge is 0.488 e. The molecule has 6 nitrogen and oxygen atoms in total. The number of ketones is 1. The number of fused-ring (bicyclic) bond motifs is 1. The van der Waals surface area contributed by atoms with Crippen LogP contribution in [0.15, 0.2) is 60.4 Å². The molecular formula is C23H15ClFNO5. The van der Waals surface area contributed by atoms with Crippen molar-refractivity contribution < 1.29 is 23.6 Å². The zero-order valence-electron chi connectivity index (χ0n) is 16.2. The van der Waals surface area contributed by atoms with Crippen LogP contribution in [0.5, 0.6) is 11.5 Å². The highest BCUT2D eigenvalue weighted by Gasteiger charge is 2.30. The van der Waals surface area contributed by atoms with Crippen molar-refractivity contribution in [1.82, 2.24) is 0 Å². The maximum Gasteiger partial charge on any atom is 0.269 e. The van der Waals surface area contributed by atoms with E-state index >= 15 is 0 Å². The van der Waals surface area contributed by atoms with Crippen LogP contribution in [0.1, 0.15) is 27.0 Å². The smallest absolute Gasteiger partial charge is 0.269 e. The number of nitro groups is 1. The predicted molar refractivity (Wildman–Crippen MR) is 113 cm³/mol. The van der Waals surface area contributed by atoms with E-state index in [4.69, 9.17) is 21.1 Å². The van der Waals surface area contributed by atoms with Gasteiger partial charge in [0.2, 0.25) is 5.78 Å². The molecule has 1 aliphatic rings. The number of hydrogen-bond donors (Lipinski definition) is 0. The van der Waals surface area contributed by atoms with Gasteiger partial charge in [0, 0.05) is 23.3 Å². The van der Waals surface area contributed by atoms with E-state index in [1.165, 1.54) is 42.5 Å². The molecule has 3 aromatic carbocycles. The van der Waals surface area contributed by atoms with Crippen LogP contribution in [-0.2, 0) is 6.61 Å². The van der Waals surface area contributed by atoms with Crippen molar-refractivity contribution in [2.24, 2.45) is 0 Å². The molecule has 3 aromatic rings. The lowest BCUT2D eigenvalue weighted by Crippen LogP contribution is -2.01. The van der Waals surface area contributed by atoms with Crippen molar-refractivity contribution in [2.75, 3.05) is 0 Å². The lowest BCUT2D eigenvalue weighted by molar-refractivity contribution is -0.384. The summed E-state index contributed by atoms with van der Waals surface area (Å²) in [4.78, 5) is 23.0. The zero-order chi connectivity index (χ0) is 22.1. The maximum atomic E-state index is 14.0. The Morgan fingerprint density at radius 1 is 1.16 bits per heavy atom. The van der Waals surface area contributed by atoms with E-state index in [0.29, 0.717) is 28.2 Å². The van der Waals surface area contributed by atoms with E-state index < -0.39 is 10.7 Å². The molecule has 0 unspecified atom stereocenters. The quantitative estimate of drug-likeness (QED) is 0.281. The zero-order valence-corrected chi connectivity index (χ0v) is 17.0. The van der Waals surface area contributed by atoms with Gasteiger partial charge in [-0.15, -0.1) is 0 Å². The molecular weight excluding hydrogens is 425 g/mol. The van der Waals surface area contributed by atoms with Gasteiger partial charge in [-0.1, -0.05) is 17.7 Å². The molecule has 31 heavy (non-hydrogen) atoms. The van der Waals surface area contributed by atoms with Crippen LogP contribution in [0.4, 0.5) is 10.1 Å². The molecule has 0 atom stereocenters. The fourth-order valence-corrected chi connectivity index (χ4v) is 3.41. The second-order valence-electron chi connectivity index (χ2n) is 6.84. The van der Waals surface area contributed by atoms with Gasteiger partial charge >= 0.3 is 0 Å². The lowest BCUT2D eigenvalue weighted by Gasteiger charge is -2.12. The topological polar surface area (TPSA) is 78.7 Å². The van der Waals surface area contributed by atoms with Crippen LogP contribution in [0.25, 0.3) is 6.08 Å². The van der Waals surface area contributed by atoms with Crippen molar-refractivity contribution in [1.29, 1.82) is 0 Å². The van der Waals surface area contributed by atoms with E-state index in [1.54, 1.807) is 25.1 Å². The molecule has 0 radical (unpaired) electrons. The predicted octanol–water partition coefficient (Wildman–Crippen LogP) is 5.89. The molecule has 0 saturated heterocycles. The van der Waals surface area contributed by atoms with Crippen LogP contribution in [0.3, 0.4) is 0 Å². The molecule has 0 aromatic heterocycles. The van der Waals surface area contributed by atoms with Crippen molar-refractivity contribution >= 4 is 29.1 Å². The second kappa shape index (κ2) is 8.20. The molecule has 0 amide bonds. The minimum Gasteiger partial charge on any atom is -0.488 e. The summed E-state index contributed by atoms with van der Waals surface area (Å²) in [5.41, 5.74) is 1.74. The van der Waals surface area contributed by atoms with E-state index in [0.717, 1.165) is 0 Å². The Hall–Kier alpha value is -3.71. The highest BCUT2D eigenvalue weighted by molar-refractivity contribution is 6.31. The van der Waals surface area contributed by atoms with Crippen LogP contribution in [0, 0.1) is 22.9 Å². The number of Topliss-reactive ketones (excluding diaryl/α,β-unsaturated/α-hetero) is 1. The Kier molecular flexibility index (Phi) is 5.44. The third-order valence-corrected chi connectivity index (χ3v) is 5.23. The van der Waals surface area contributed by atoms with Crippen LogP contribution in [0.2, 0.25) is 5.02 Å². The van der Waals surface area contributed by atoms with Crippen LogP contribution in [-0.4, -0.2) is 10.7 Å². The van der Waals surface area contributed by atoms with Gasteiger partial charge in [0.25, 0.3) is 5.69 Å². The fraction of sp³-hybridized carbons (Fsp3) is 0.0870. The number of nitro benzene ring substituents is 1. The minimum atomic E-state index is -0.497. The number of carbonyl (C=O) groups is 1. The van der Waals surface area contributed by atoms with Gasteiger partial charge in [0.05, 0.1) is 15.5 Å². The van der Waals surface area contributed by atoms with Crippen molar-refractivity contribution in [3.63, 3.8) is 0 Å². The summed E-state index contributed by atoms with van der Waals surface area (Å²) in [5.74, 6) is 0.116. The van der Waals surface area contributed by atoms with Crippen LogP contribution < -0.4 is 9.47 Å². The first kappa shape index (κ1) is 20.6. The Morgan fingerprint density at radius 3 is 2.58 bits per heavy atom. The van der Waals surface area contributed by atoms with Gasteiger partial charge in [0.1, 0.15) is 23.9 Å². The van der Waals surface area contributed by atoms with Crippen molar-refractivity contribution in [2.45, 2.75) is 13.5 Å². The number of ether oxygens (including phenoxy) is 2. The monoisotopic (exact) mass is 439 g/mol. The fourth-order valence-electron chi connectivity index (χ4n) is 3.19. The third-order valence-electron chi connectivity index (χ3n) is 4.87. The molecule has 0 N–H and O–H groups in total. The lowest BCUT2D eigenvalue weighted by atomic mass is 10.1. The van der Waals surface area contributed by atoms with Crippen LogP contribution >= 0.6 is 11.6 Å². The normalized spacial score (nSPS) is 13.8. The number of carbonyl (C=O) groups excluding carboxylic acids is 1.